The normalized spacial score (nSPS) is 17.6. The summed E-state index contributed by atoms with van der Waals surface area (Å²) in [6.07, 6.45) is 5.55. The molecule has 1 N–H and O–H groups in total. The summed E-state index contributed by atoms with van der Waals surface area (Å²) in [5.41, 5.74) is 4.59. The molecule has 33 heavy (non-hydrogen) atoms. The molecule has 0 unspecified atom stereocenters. The van der Waals surface area contributed by atoms with Gasteiger partial charge in [0.2, 0.25) is 0 Å². The van der Waals surface area contributed by atoms with Crippen molar-refractivity contribution >= 4 is 11.7 Å². The number of ether oxygens (including phenoxy) is 1. The Hall–Kier alpha value is -2.77. The van der Waals surface area contributed by atoms with Crippen LogP contribution in [0.1, 0.15) is 73.6 Å². The van der Waals surface area contributed by atoms with Gasteiger partial charge in [-0.25, -0.2) is 5.48 Å². The lowest BCUT2D eigenvalue weighted by atomic mass is 9.82. The van der Waals surface area contributed by atoms with E-state index in [1.54, 1.807) is 12.1 Å². The highest BCUT2D eigenvalue weighted by atomic mass is 16.6. The smallest absolute Gasteiger partial charge is 0.276 e. The molecule has 2 aliphatic heterocycles. The number of Topliss-reactive ketones (excluding diaryl/α,β-unsaturated/α-hetero) is 1. The molecule has 1 fully saturated rings. The van der Waals surface area contributed by atoms with Crippen LogP contribution in [0.25, 0.3) is 11.3 Å². The Morgan fingerprint density at radius 1 is 1.24 bits per heavy atom. The van der Waals surface area contributed by atoms with Crippen molar-refractivity contribution in [1.29, 1.82) is 0 Å². The van der Waals surface area contributed by atoms with Crippen molar-refractivity contribution in [3.63, 3.8) is 0 Å². The highest BCUT2D eigenvalue weighted by molar-refractivity contribution is 6.01. The van der Waals surface area contributed by atoms with Crippen molar-refractivity contribution in [3.8, 4) is 17.0 Å². The third-order valence-electron chi connectivity index (χ3n) is 6.61. The Labute approximate surface area is 195 Å². The van der Waals surface area contributed by atoms with Gasteiger partial charge >= 0.3 is 0 Å². The number of unbranched alkanes of at least 4 members (excludes halogenated alkanes) is 1. The zero-order valence-electron chi connectivity index (χ0n) is 19.7. The maximum Gasteiger partial charge on any atom is 0.276 e. The Morgan fingerprint density at radius 2 is 2.03 bits per heavy atom. The van der Waals surface area contributed by atoms with Gasteiger partial charge in [0.05, 0.1) is 29.8 Å². The molecule has 7 nitrogen and oxygen atoms in total. The summed E-state index contributed by atoms with van der Waals surface area (Å²) < 4.78 is 6.42. The molecule has 1 aromatic carbocycles. The summed E-state index contributed by atoms with van der Waals surface area (Å²) >= 11 is 0. The van der Waals surface area contributed by atoms with Crippen molar-refractivity contribution in [1.82, 2.24) is 15.4 Å². The SMILES string of the molecule is CCCCONC(=O)c1ccc(-c2ccc3c(c2)C(=O)CC2(CCN(C(C)C)CC2)O3)nc1. The van der Waals surface area contributed by atoms with E-state index in [4.69, 9.17) is 9.57 Å². The van der Waals surface area contributed by atoms with Crippen LogP contribution < -0.4 is 10.2 Å². The second-order valence-corrected chi connectivity index (χ2v) is 9.29. The fourth-order valence-corrected chi connectivity index (χ4v) is 4.47. The van der Waals surface area contributed by atoms with Crippen LogP contribution in [0.2, 0.25) is 0 Å². The van der Waals surface area contributed by atoms with Crippen LogP contribution in [-0.2, 0) is 4.84 Å². The molecule has 0 saturated carbocycles. The van der Waals surface area contributed by atoms with Crippen LogP contribution in [0, 0.1) is 0 Å². The number of benzene rings is 1. The minimum Gasteiger partial charge on any atom is -0.486 e. The van der Waals surface area contributed by atoms with E-state index in [0.29, 0.717) is 41.6 Å². The van der Waals surface area contributed by atoms with E-state index in [0.717, 1.165) is 44.3 Å². The number of aromatic nitrogens is 1. The van der Waals surface area contributed by atoms with Crippen LogP contribution in [0.5, 0.6) is 5.75 Å². The van der Waals surface area contributed by atoms with E-state index in [2.05, 4.69) is 36.1 Å². The minimum absolute atomic E-state index is 0.122. The topological polar surface area (TPSA) is 80.8 Å². The molecule has 7 heteroatoms. The summed E-state index contributed by atoms with van der Waals surface area (Å²) in [5, 5.41) is 0. The molecule has 4 rings (SSSR count). The first kappa shape index (κ1) is 23.4. The van der Waals surface area contributed by atoms with Crippen molar-refractivity contribution in [3.05, 3.63) is 47.7 Å². The van der Waals surface area contributed by atoms with Gasteiger partial charge in [-0.05, 0) is 50.6 Å². The Kier molecular flexibility index (Phi) is 7.10. The molecule has 1 saturated heterocycles. The number of ketones is 1. The van der Waals surface area contributed by atoms with Crippen LogP contribution in [-0.4, -0.2) is 52.9 Å². The molecule has 176 valence electrons. The van der Waals surface area contributed by atoms with Crippen LogP contribution in [0.3, 0.4) is 0 Å². The average molecular weight is 452 g/mol. The Morgan fingerprint density at radius 3 is 2.70 bits per heavy atom. The summed E-state index contributed by atoms with van der Waals surface area (Å²) in [5.74, 6) is 0.456. The largest absolute Gasteiger partial charge is 0.486 e. The summed E-state index contributed by atoms with van der Waals surface area (Å²) in [6, 6.07) is 9.64. The van der Waals surface area contributed by atoms with Gasteiger partial charge in [0.25, 0.3) is 5.91 Å². The van der Waals surface area contributed by atoms with Crippen molar-refractivity contribution < 1.29 is 19.2 Å². The molecule has 0 bridgehead atoms. The van der Waals surface area contributed by atoms with Gasteiger partial charge in [0.1, 0.15) is 11.4 Å². The van der Waals surface area contributed by atoms with Crippen LogP contribution in [0.4, 0.5) is 0 Å². The number of rotatable bonds is 7. The summed E-state index contributed by atoms with van der Waals surface area (Å²) in [6.45, 7) is 8.85. The summed E-state index contributed by atoms with van der Waals surface area (Å²) in [4.78, 5) is 37.2. The number of pyridine rings is 1. The maximum absolute atomic E-state index is 13.1. The van der Waals surface area contributed by atoms with Crippen LogP contribution in [0.15, 0.2) is 36.5 Å². The average Bonchev–Trinajstić information content (AvgIpc) is 2.82. The van der Waals surface area contributed by atoms with Gasteiger partial charge < -0.3 is 9.64 Å². The van der Waals surface area contributed by atoms with Crippen LogP contribution >= 0.6 is 0 Å². The van der Waals surface area contributed by atoms with Gasteiger partial charge in [-0.3, -0.25) is 19.4 Å². The zero-order valence-corrected chi connectivity index (χ0v) is 19.7. The number of hydroxylamine groups is 1. The number of carbonyl (C=O) groups excluding carboxylic acids is 2. The predicted octanol–water partition coefficient (Wildman–Crippen LogP) is 4.42. The minimum atomic E-state index is -0.385. The number of nitrogens with zero attached hydrogens (tertiary/aromatic N) is 2. The lowest BCUT2D eigenvalue weighted by Gasteiger charge is -2.45. The number of nitrogens with one attached hydrogen (secondary N) is 1. The molecule has 2 aliphatic rings. The molecular formula is C26H33N3O4. The number of likely N-dealkylation sites (tertiary alicyclic amines) is 1. The van der Waals surface area contributed by atoms with Gasteiger partial charge in [0.15, 0.2) is 5.78 Å². The van der Waals surface area contributed by atoms with E-state index in [1.807, 2.05) is 18.2 Å². The first-order valence-electron chi connectivity index (χ1n) is 11.9. The molecule has 0 atom stereocenters. The second-order valence-electron chi connectivity index (χ2n) is 9.29. The fourth-order valence-electron chi connectivity index (χ4n) is 4.47. The van der Waals surface area contributed by atoms with Gasteiger partial charge in [-0.15, -0.1) is 0 Å². The first-order chi connectivity index (χ1) is 15.9. The predicted molar refractivity (Wildman–Crippen MR) is 126 cm³/mol. The number of hydrogen-bond acceptors (Lipinski definition) is 6. The number of amides is 1. The van der Waals surface area contributed by atoms with E-state index in [-0.39, 0.29) is 17.3 Å². The molecular weight excluding hydrogens is 418 g/mol. The number of fused-ring (bicyclic) bond motifs is 1. The molecule has 2 aromatic rings. The fraction of sp³-hybridized carbons (Fsp3) is 0.500. The Bertz CT molecular complexity index is 995. The molecule has 1 spiro atoms. The maximum atomic E-state index is 13.1. The summed E-state index contributed by atoms with van der Waals surface area (Å²) in [7, 11) is 0. The van der Waals surface area contributed by atoms with E-state index >= 15 is 0 Å². The zero-order chi connectivity index (χ0) is 23.4. The highest BCUT2D eigenvalue weighted by Crippen LogP contribution is 2.40. The number of carbonyl (C=O) groups is 2. The van der Waals surface area contributed by atoms with Crippen molar-refractivity contribution in [2.75, 3.05) is 19.7 Å². The first-order valence-corrected chi connectivity index (χ1v) is 11.9. The second kappa shape index (κ2) is 10.0. The van der Waals surface area contributed by atoms with E-state index in [9.17, 15) is 9.59 Å². The number of piperidine rings is 1. The van der Waals surface area contributed by atoms with Crippen molar-refractivity contribution in [2.45, 2.75) is 64.5 Å². The third-order valence-corrected chi connectivity index (χ3v) is 6.61. The van der Waals surface area contributed by atoms with Crippen molar-refractivity contribution in [2.24, 2.45) is 0 Å². The Balaban J connectivity index is 1.44. The van der Waals surface area contributed by atoms with Gasteiger partial charge in [-0.2, -0.15) is 0 Å². The molecule has 1 aromatic heterocycles. The molecule has 1 amide bonds. The highest BCUT2D eigenvalue weighted by Gasteiger charge is 2.43. The van der Waals surface area contributed by atoms with E-state index in [1.165, 1.54) is 6.20 Å². The van der Waals surface area contributed by atoms with E-state index < -0.39 is 0 Å². The molecule has 0 radical (unpaired) electrons. The monoisotopic (exact) mass is 451 g/mol. The lowest BCUT2D eigenvalue weighted by Crippen LogP contribution is -2.52. The molecule has 0 aliphatic carbocycles. The van der Waals surface area contributed by atoms with Gasteiger partial charge in [0, 0.05) is 43.7 Å². The number of hydrogen-bond donors (Lipinski definition) is 1. The van der Waals surface area contributed by atoms with Gasteiger partial charge in [-0.1, -0.05) is 13.3 Å². The molecule has 3 heterocycles. The lowest BCUT2D eigenvalue weighted by molar-refractivity contribution is -0.0153. The quantitative estimate of drug-likeness (QED) is 0.496. The standard InChI is InChI=1S/C26H33N3O4/c1-4-5-14-32-28-25(31)20-6-8-22(27-17-20)19-7-9-24-21(15-19)23(30)16-26(33-24)10-12-29(13-11-26)18(2)3/h6-9,15,17-18H,4-5,10-14,16H2,1-3H3,(H,28,31). The third kappa shape index (κ3) is 5.25.